The number of rotatable bonds is 9. The van der Waals surface area contributed by atoms with E-state index in [1.807, 2.05) is 0 Å². The second-order valence-electron chi connectivity index (χ2n) is 4.22. The molecule has 2 radical (unpaired) electrons. The van der Waals surface area contributed by atoms with Crippen LogP contribution in [-0.4, -0.2) is 61.2 Å². The van der Waals surface area contributed by atoms with Gasteiger partial charge in [-0.1, -0.05) is 0 Å². The summed E-state index contributed by atoms with van der Waals surface area (Å²) in [5.74, 6) is 0. The Balaban J connectivity index is -0.00000180. The maximum Gasteiger partial charge on any atom is 0.508 e. The Kier molecular flexibility index (Phi) is 22.5. The van der Waals surface area contributed by atoms with Gasteiger partial charge in [-0.3, -0.25) is 0 Å². The molecule has 0 aliphatic heterocycles. The zero-order valence-corrected chi connectivity index (χ0v) is 18.6. The number of ether oxygens (including phenoxy) is 4. The van der Waals surface area contributed by atoms with Gasteiger partial charge in [-0.05, 0) is 26.7 Å². The molecule has 0 spiro atoms. The number of hydrogen-bond acceptors (Lipinski definition) is 8. The fourth-order valence-electron chi connectivity index (χ4n) is 0.976. The average molecular weight is 472 g/mol. The summed E-state index contributed by atoms with van der Waals surface area (Å²) in [4.78, 5) is 21.9. The predicted octanol–water partition coefficient (Wildman–Crippen LogP) is 0.830. The van der Waals surface area contributed by atoms with E-state index < -0.39 is 24.5 Å². The molecule has 2 unspecified atom stereocenters. The molecule has 0 aromatic heterocycles. The van der Waals surface area contributed by atoms with Crippen molar-refractivity contribution < 1.29 is 104 Å². The van der Waals surface area contributed by atoms with Gasteiger partial charge in [0, 0.05) is 65.4 Å². The van der Waals surface area contributed by atoms with E-state index in [0.29, 0.717) is 12.8 Å². The Morgan fingerprint density at radius 2 is 1.09 bits per heavy atom. The molecule has 0 bridgehead atoms. The van der Waals surface area contributed by atoms with E-state index in [9.17, 15) is 9.59 Å². The number of hydrogen-bond donors (Lipinski definition) is 2. The quantitative estimate of drug-likeness (QED) is 0.375. The molecule has 0 amide bonds. The van der Waals surface area contributed by atoms with Gasteiger partial charge in [0.25, 0.3) is 0 Å². The monoisotopic (exact) mass is 472 g/mol. The van der Waals surface area contributed by atoms with Gasteiger partial charge in [0.2, 0.25) is 0 Å². The van der Waals surface area contributed by atoms with Crippen LogP contribution < -0.4 is 0 Å². The smallest absolute Gasteiger partial charge is 0.434 e. The largest absolute Gasteiger partial charge is 0.508 e. The Morgan fingerprint density at radius 3 is 1.36 bits per heavy atom. The Hall–Kier alpha value is 0.668. The molecule has 22 heavy (non-hydrogen) atoms. The van der Waals surface area contributed by atoms with Crippen molar-refractivity contribution in [3.05, 3.63) is 0 Å². The Morgan fingerprint density at radius 1 is 0.773 bits per heavy atom. The van der Waals surface area contributed by atoms with Crippen LogP contribution in [0.5, 0.6) is 0 Å². The molecule has 0 aromatic carbocycles. The number of aliphatic hydroxyl groups is 2. The summed E-state index contributed by atoms with van der Waals surface area (Å²) >= 11 is 0. The molecule has 2 N–H and O–H groups in total. The maximum atomic E-state index is 11.0. The van der Waals surface area contributed by atoms with Crippen LogP contribution in [0.25, 0.3) is 0 Å². The normalized spacial score (nSPS) is 12.0. The second-order valence-corrected chi connectivity index (χ2v) is 4.22. The van der Waals surface area contributed by atoms with Crippen LogP contribution in [-0.2, 0) is 84.4 Å². The van der Waals surface area contributed by atoms with Crippen molar-refractivity contribution in [2.75, 3.05) is 26.4 Å². The van der Waals surface area contributed by atoms with Crippen LogP contribution in [0.4, 0.5) is 9.59 Å². The van der Waals surface area contributed by atoms with E-state index in [0.717, 1.165) is 0 Å². The van der Waals surface area contributed by atoms with Gasteiger partial charge < -0.3 is 29.2 Å². The second kappa shape index (κ2) is 18.0. The van der Waals surface area contributed by atoms with Crippen LogP contribution >= 0.6 is 0 Å². The molecule has 0 aliphatic rings. The Bertz CT molecular complexity index is 258. The van der Waals surface area contributed by atoms with Gasteiger partial charge >= 0.3 is 12.3 Å². The summed E-state index contributed by atoms with van der Waals surface area (Å²) in [5, 5.41) is 17.7. The first-order valence-corrected chi connectivity index (χ1v) is 6.37. The molecule has 0 aromatic rings. The van der Waals surface area contributed by atoms with Gasteiger partial charge in [0.15, 0.2) is 0 Å². The standard InChI is InChI=1S/C12H22O8.2Y/c1-9(13)7-19-11(15)17-5-3-4-6-18-12(16)20-8-10(2)14;;/h9-10,13-14H,3-8H2,1-2H3;;. The number of aliphatic hydroxyl groups excluding tert-OH is 2. The first-order chi connectivity index (χ1) is 9.41. The summed E-state index contributed by atoms with van der Waals surface area (Å²) in [6.45, 7) is 3.01. The maximum absolute atomic E-state index is 11.0. The van der Waals surface area contributed by atoms with Crippen LogP contribution in [0.3, 0.4) is 0 Å². The van der Waals surface area contributed by atoms with Gasteiger partial charge in [-0.25, -0.2) is 9.59 Å². The summed E-state index contributed by atoms with van der Waals surface area (Å²) in [5.41, 5.74) is 0. The third-order valence-electron chi connectivity index (χ3n) is 1.86. The SMILES string of the molecule is CC(O)COC(=O)OCCCCOC(=O)OCC(C)O.[Y].[Y]. The molecule has 0 heterocycles. The first kappa shape index (κ1) is 27.5. The fraction of sp³-hybridized carbons (Fsp3) is 0.833. The molecule has 124 valence electrons. The van der Waals surface area contributed by atoms with Crippen LogP contribution in [0, 0.1) is 0 Å². The summed E-state index contributed by atoms with van der Waals surface area (Å²) in [7, 11) is 0. The van der Waals surface area contributed by atoms with Gasteiger partial charge in [0.05, 0.1) is 25.4 Å². The molecular weight excluding hydrogens is 450 g/mol. The van der Waals surface area contributed by atoms with E-state index in [1.54, 1.807) is 0 Å². The molecular formula is C12H22O8Y2. The molecule has 8 nitrogen and oxygen atoms in total. The molecule has 0 rings (SSSR count). The third kappa shape index (κ3) is 20.7. The van der Waals surface area contributed by atoms with Gasteiger partial charge in [-0.15, -0.1) is 0 Å². The molecule has 0 saturated heterocycles. The van der Waals surface area contributed by atoms with Crippen molar-refractivity contribution in [2.45, 2.75) is 38.9 Å². The van der Waals surface area contributed by atoms with Crippen LogP contribution in [0.1, 0.15) is 26.7 Å². The number of unbranched alkanes of at least 4 members (excludes halogenated alkanes) is 1. The van der Waals surface area contributed by atoms with E-state index >= 15 is 0 Å². The van der Waals surface area contributed by atoms with Crippen molar-refractivity contribution in [1.82, 2.24) is 0 Å². The molecule has 0 saturated carbocycles. The minimum atomic E-state index is -0.844. The van der Waals surface area contributed by atoms with Crippen LogP contribution in [0.15, 0.2) is 0 Å². The number of carbonyl (C=O) groups is 2. The van der Waals surface area contributed by atoms with Crippen molar-refractivity contribution in [2.24, 2.45) is 0 Å². The number of carbonyl (C=O) groups excluding carboxylic acids is 2. The van der Waals surface area contributed by atoms with Crippen molar-refractivity contribution >= 4 is 12.3 Å². The topological polar surface area (TPSA) is 112 Å². The zero-order chi connectivity index (χ0) is 15.4. The molecule has 0 aliphatic carbocycles. The fourth-order valence-corrected chi connectivity index (χ4v) is 0.976. The molecule has 2 atom stereocenters. The van der Waals surface area contributed by atoms with Crippen molar-refractivity contribution in [1.29, 1.82) is 0 Å². The molecule has 10 heteroatoms. The van der Waals surface area contributed by atoms with Crippen molar-refractivity contribution in [3.63, 3.8) is 0 Å². The van der Waals surface area contributed by atoms with Crippen molar-refractivity contribution in [3.8, 4) is 0 Å². The average Bonchev–Trinajstić information content (AvgIpc) is 2.37. The first-order valence-electron chi connectivity index (χ1n) is 6.37. The van der Waals surface area contributed by atoms with Crippen LogP contribution in [0.2, 0.25) is 0 Å². The van der Waals surface area contributed by atoms with E-state index in [2.05, 4.69) is 9.47 Å². The van der Waals surface area contributed by atoms with E-state index in [4.69, 9.17) is 19.7 Å². The molecule has 0 fully saturated rings. The predicted molar refractivity (Wildman–Crippen MR) is 67.2 cm³/mol. The van der Waals surface area contributed by atoms with Gasteiger partial charge in [0.1, 0.15) is 13.2 Å². The van der Waals surface area contributed by atoms with Gasteiger partial charge in [-0.2, -0.15) is 0 Å². The van der Waals surface area contributed by atoms with E-state index in [1.165, 1.54) is 13.8 Å². The summed E-state index contributed by atoms with van der Waals surface area (Å²) in [6.07, 6.45) is -2.17. The van der Waals surface area contributed by atoms with E-state index in [-0.39, 0.29) is 91.8 Å². The summed E-state index contributed by atoms with van der Waals surface area (Å²) < 4.78 is 18.5. The summed E-state index contributed by atoms with van der Waals surface area (Å²) in [6, 6.07) is 0. The zero-order valence-electron chi connectivity index (χ0n) is 12.9. The third-order valence-corrected chi connectivity index (χ3v) is 1.86. The minimum absolute atomic E-state index is 0. The minimum Gasteiger partial charge on any atom is -0.434 e. The Labute approximate surface area is 180 Å².